The fourth-order valence-electron chi connectivity index (χ4n) is 2.64. The molecule has 2 heterocycles. The van der Waals surface area contributed by atoms with Crippen LogP contribution in [0.25, 0.3) is 0 Å². The monoisotopic (exact) mass is 291 g/mol. The van der Waals surface area contributed by atoms with Crippen molar-refractivity contribution in [1.82, 2.24) is 20.0 Å². The highest BCUT2D eigenvalue weighted by atomic mass is 15.4. The molecule has 0 amide bonds. The van der Waals surface area contributed by atoms with Crippen LogP contribution in [-0.4, -0.2) is 45.8 Å². The third-order valence-corrected chi connectivity index (χ3v) is 4.83. The van der Waals surface area contributed by atoms with Crippen LogP contribution in [0.15, 0.2) is 17.4 Å². The van der Waals surface area contributed by atoms with Gasteiger partial charge < -0.3 is 10.2 Å². The van der Waals surface area contributed by atoms with E-state index in [0.717, 1.165) is 32.1 Å². The lowest BCUT2D eigenvalue weighted by molar-refractivity contribution is -0.0667. The van der Waals surface area contributed by atoms with Gasteiger partial charge in [-0.25, -0.2) is 0 Å². The van der Waals surface area contributed by atoms with Gasteiger partial charge in [0.25, 0.3) is 0 Å². The van der Waals surface area contributed by atoms with E-state index >= 15 is 0 Å². The van der Waals surface area contributed by atoms with Gasteiger partial charge in [-0.1, -0.05) is 13.8 Å². The number of aliphatic imine (C=N–C) groups is 1. The highest BCUT2D eigenvalue weighted by molar-refractivity contribution is 5.82. The quantitative estimate of drug-likeness (QED) is 0.684. The van der Waals surface area contributed by atoms with Gasteiger partial charge in [0, 0.05) is 30.2 Å². The summed E-state index contributed by atoms with van der Waals surface area (Å²) in [6.45, 7) is 16.9. The second-order valence-electron chi connectivity index (χ2n) is 7.05. The van der Waals surface area contributed by atoms with E-state index in [1.54, 1.807) is 0 Å². The van der Waals surface area contributed by atoms with Crippen molar-refractivity contribution in [3.63, 3.8) is 0 Å². The molecule has 0 aromatic carbocycles. The summed E-state index contributed by atoms with van der Waals surface area (Å²) in [7, 11) is 0. The Kier molecular flexibility index (Phi) is 4.30. The molecular weight excluding hydrogens is 262 g/mol. The zero-order valence-electron chi connectivity index (χ0n) is 14.3. The molecule has 2 rings (SSSR count). The third kappa shape index (κ3) is 3.06. The number of aromatic nitrogens is 2. The first-order chi connectivity index (χ1) is 9.78. The molecule has 5 nitrogen and oxygen atoms in total. The largest absolute Gasteiger partial charge is 0.356 e. The van der Waals surface area contributed by atoms with E-state index in [1.807, 2.05) is 10.9 Å². The number of likely N-dealkylation sites (tertiary alicyclic amines) is 1. The van der Waals surface area contributed by atoms with Crippen LogP contribution < -0.4 is 5.32 Å². The molecule has 0 saturated carbocycles. The normalized spacial score (nSPS) is 20.3. The minimum absolute atomic E-state index is 0.135. The lowest BCUT2D eigenvalue weighted by Crippen LogP contribution is -2.72. The first-order valence-electron chi connectivity index (χ1n) is 7.83. The number of nitrogens with one attached hydrogen (secondary N) is 1. The van der Waals surface area contributed by atoms with Gasteiger partial charge in [0.05, 0.1) is 19.3 Å². The van der Waals surface area contributed by atoms with Gasteiger partial charge in [0.1, 0.15) is 0 Å². The smallest absolute Gasteiger partial charge is 0.194 e. The molecule has 0 unspecified atom stereocenters. The predicted molar refractivity (Wildman–Crippen MR) is 87.5 cm³/mol. The van der Waals surface area contributed by atoms with Crippen LogP contribution in [0.5, 0.6) is 0 Å². The van der Waals surface area contributed by atoms with E-state index in [2.05, 4.69) is 63.1 Å². The van der Waals surface area contributed by atoms with Crippen LogP contribution >= 0.6 is 0 Å². The molecule has 5 heteroatoms. The molecule has 118 valence electrons. The molecule has 0 bridgehead atoms. The maximum absolute atomic E-state index is 4.77. The summed E-state index contributed by atoms with van der Waals surface area (Å²) >= 11 is 0. The lowest BCUT2D eigenvalue weighted by Gasteiger charge is -2.62. The molecule has 1 N–H and O–H groups in total. The minimum atomic E-state index is 0.135. The summed E-state index contributed by atoms with van der Waals surface area (Å²) in [6, 6.07) is 0. The summed E-state index contributed by atoms with van der Waals surface area (Å²) in [4.78, 5) is 7.15. The molecule has 1 fully saturated rings. The van der Waals surface area contributed by atoms with Crippen molar-refractivity contribution in [2.45, 2.75) is 53.6 Å². The zero-order valence-corrected chi connectivity index (χ0v) is 14.3. The molecule has 1 aromatic rings. The summed E-state index contributed by atoms with van der Waals surface area (Å²) in [5.74, 6) is 1.02. The van der Waals surface area contributed by atoms with Gasteiger partial charge in [0.2, 0.25) is 0 Å². The van der Waals surface area contributed by atoms with Gasteiger partial charge in [0.15, 0.2) is 5.96 Å². The third-order valence-electron chi connectivity index (χ3n) is 4.83. The average molecular weight is 291 g/mol. The first kappa shape index (κ1) is 15.9. The summed E-state index contributed by atoms with van der Waals surface area (Å²) < 4.78 is 1.95. The van der Waals surface area contributed by atoms with Crippen molar-refractivity contribution in [1.29, 1.82) is 0 Å². The highest BCUT2D eigenvalue weighted by Crippen LogP contribution is 2.46. The Morgan fingerprint density at radius 1 is 1.38 bits per heavy atom. The molecule has 0 atom stereocenters. The topological polar surface area (TPSA) is 45.5 Å². The Morgan fingerprint density at radius 2 is 2.10 bits per heavy atom. The summed E-state index contributed by atoms with van der Waals surface area (Å²) in [5, 5.41) is 7.72. The number of nitrogens with zero attached hydrogens (tertiary/aromatic N) is 4. The van der Waals surface area contributed by atoms with Crippen molar-refractivity contribution >= 4 is 5.96 Å². The van der Waals surface area contributed by atoms with Crippen LogP contribution in [-0.2, 0) is 6.54 Å². The Bertz CT molecular complexity index is 512. The lowest BCUT2D eigenvalue weighted by atomic mass is 9.65. The molecular formula is C16H29N5. The summed E-state index contributed by atoms with van der Waals surface area (Å²) in [5.41, 5.74) is 1.65. The van der Waals surface area contributed by atoms with Crippen LogP contribution in [0.1, 0.15) is 40.2 Å². The molecule has 1 aromatic heterocycles. The fraction of sp³-hybridized carbons (Fsp3) is 0.750. The number of rotatable bonds is 4. The summed E-state index contributed by atoms with van der Waals surface area (Å²) in [6.07, 6.45) is 3.94. The number of guanidine groups is 1. The number of hydrogen-bond donors (Lipinski definition) is 1. The van der Waals surface area contributed by atoms with Gasteiger partial charge in [-0.3, -0.25) is 9.67 Å². The average Bonchev–Trinajstić information content (AvgIpc) is 2.81. The molecule has 21 heavy (non-hydrogen) atoms. The second kappa shape index (κ2) is 5.70. The van der Waals surface area contributed by atoms with Crippen molar-refractivity contribution in [3.05, 3.63) is 18.0 Å². The molecule has 1 saturated heterocycles. The first-order valence-corrected chi connectivity index (χ1v) is 7.83. The van der Waals surface area contributed by atoms with Crippen molar-refractivity contribution in [3.8, 4) is 0 Å². The molecule has 1 aliphatic rings. The molecule has 1 aliphatic heterocycles. The van der Waals surface area contributed by atoms with Crippen LogP contribution in [0.2, 0.25) is 0 Å². The molecule has 0 aliphatic carbocycles. The van der Waals surface area contributed by atoms with Crippen molar-refractivity contribution in [2.24, 2.45) is 10.4 Å². The van der Waals surface area contributed by atoms with E-state index in [9.17, 15) is 0 Å². The SMILES string of the molecule is CCNC(=NCCn1cc(C)cn1)N1CC(C)(C)C1(C)C. The highest BCUT2D eigenvalue weighted by Gasteiger charge is 2.53. The van der Waals surface area contributed by atoms with Gasteiger partial charge in [-0.05, 0) is 33.3 Å². The molecule has 0 spiro atoms. The number of aryl methyl sites for hydroxylation is 1. The minimum Gasteiger partial charge on any atom is -0.356 e. The van der Waals surface area contributed by atoms with Gasteiger partial charge in [-0.15, -0.1) is 0 Å². The molecule has 0 radical (unpaired) electrons. The van der Waals surface area contributed by atoms with E-state index in [0.29, 0.717) is 5.41 Å². The van der Waals surface area contributed by atoms with Crippen LogP contribution in [0.4, 0.5) is 0 Å². The Balaban J connectivity index is 2.00. The van der Waals surface area contributed by atoms with Crippen molar-refractivity contribution < 1.29 is 0 Å². The standard InChI is InChI=1S/C16H29N5/c1-7-17-14(21-12-15(3,4)16(21,5)6)18-8-9-20-11-13(2)10-19-20/h10-11H,7-9,12H2,1-6H3,(H,17,18). The zero-order chi connectivity index (χ0) is 15.7. The van der Waals surface area contributed by atoms with E-state index in [1.165, 1.54) is 5.56 Å². The van der Waals surface area contributed by atoms with E-state index in [4.69, 9.17) is 4.99 Å². The van der Waals surface area contributed by atoms with Gasteiger partial charge >= 0.3 is 0 Å². The second-order valence-corrected chi connectivity index (χ2v) is 7.05. The van der Waals surface area contributed by atoms with Gasteiger partial charge in [-0.2, -0.15) is 5.10 Å². The maximum atomic E-state index is 4.77. The van der Waals surface area contributed by atoms with Crippen molar-refractivity contribution in [2.75, 3.05) is 19.6 Å². The van der Waals surface area contributed by atoms with E-state index in [-0.39, 0.29) is 5.54 Å². The maximum Gasteiger partial charge on any atom is 0.194 e. The Labute approximate surface area is 128 Å². The fourth-order valence-corrected chi connectivity index (χ4v) is 2.64. The van der Waals surface area contributed by atoms with Crippen LogP contribution in [0.3, 0.4) is 0 Å². The van der Waals surface area contributed by atoms with E-state index < -0.39 is 0 Å². The number of hydrogen-bond acceptors (Lipinski definition) is 2. The van der Waals surface area contributed by atoms with Crippen LogP contribution in [0, 0.1) is 12.3 Å². The Morgan fingerprint density at radius 3 is 2.57 bits per heavy atom. The predicted octanol–water partition coefficient (Wildman–Crippen LogP) is 2.28. The Hall–Kier alpha value is -1.52.